The molecule has 0 aromatic heterocycles. The van der Waals surface area contributed by atoms with Crippen molar-refractivity contribution in [2.75, 3.05) is 26.8 Å². The van der Waals surface area contributed by atoms with Crippen molar-refractivity contribution in [2.45, 2.75) is 19.4 Å². The lowest BCUT2D eigenvalue weighted by Gasteiger charge is -2.42. The quantitative estimate of drug-likeness (QED) is 0.574. The van der Waals surface area contributed by atoms with Crippen molar-refractivity contribution >= 4 is 12.0 Å². The molecule has 1 fully saturated rings. The molecule has 5 nitrogen and oxygen atoms in total. The third-order valence-corrected chi connectivity index (χ3v) is 4.65. The number of para-hydroxylation sites is 1. The summed E-state index contributed by atoms with van der Waals surface area (Å²) >= 11 is 0. The van der Waals surface area contributed by atoms with Crippen LogP contribution in [-0.4, -0.2) is 38.0 Å². The Bertz CT molecular complexity index is 901. The second kappa shape index (κ2) is 7.77. The maximum absolute atomic E-state index is 14.9. The number of benzene rings is 2. The summed E-state index contributed by atoms with van der Waals surface area (Å²) in [5, 5.41) is 9.28. The summed E-state index contributed by atoms with van der Waals surface area (Å²) in [5.41, 5.74) is 1.30. The molecule has 1 heterocycles. The summed E-state index contributed by atoms with van der Waals surface area (Å²) in [5.74, 6) is 0.0247. The Hall–Kier alpha value is -2.91. The molecule has 0 spiro atoms. The van der Waals surface area contributed by atoms with E-state index in [0.717, 1.165) is 12.1 Å². The molecule has 0 atom stereocenters. The first kappa shape index (κ1) is 18.9. The van der Waals surface area contributed by atoms with E-state index >= 15 is 0 Å². The molecule has 0 unspecified atom stereocenters. The first-order chi connectivity index (χ1) is 13.0. The molecule has 0 saturated carbocycles. The maximum Gasteiger partial charge on any atom is 0.183 e. The summed E-state index contributed by atoms with van der Waals surface area (Å²) in [6.07, 6.45) is 1.68. The molecule has 0 bridgehead atoms. The fraction of sp³-hybridized carbons (Fsp3) is 0.333. The summed E-state index contributed by atoms with van der Waals surface area (Å²) in [6.45, 7) is 5.17. The van der Waals surface area contributed by atoms with Crippen LogP contribution in [0.2, 0.25) is 0 Å². The van der Waals surface area contributed by atoms with E-state index in [0.29, 0.717) is 22.6 Å². The topological polar surface area (TPSA) is 57.8 Å². The van der Waals surface area contributed by atoms with Crippen LogP contribution in [0.15, 0.2) is 41.4 Å². The molecule has 1 aliphatic rings. The highest BCUT2D eigenvalue weighted by Gasteiger charge is 2.45. The van der Waals surface area contributed by atoms with E-state index in [-0.39, 0.29) is 13.2 Å². The van der Waals surface area contributed by atoms with Crippen LogP contribution in [-0.2, 0) is 10.3 Å². The number of nitrogens with zero attached hydrogens (tertiary/aromatic N) is 3. The standard InChI is InChI=1S/C21H22FN3O2/c1-4-25(3)14-24-19-10-18(22)17(9-15(19)2)21(12-26-13-21)27-20-8-6-5-7-16(20)11-23/h5-10,14H,4,12-13H2,1-3H3. The lowest BCUT2D eigenvalue weighted by atomic mass is 9.89. The zero-order valence-electron chi connectivity index (χ0n) is 15.7. The second-order valence-corrected chi connectivity index (χ2v) is 6.63. The van der Waals surface area contributed by atoms with Gasteiger partial charge in [0.15, 0.2) is 5.60 Å². The molecule has 1 saturated heterocycles. The van der Waals surface area contributed by atoms with Gasteiger partial charge in [0, 0.05) is 25.2 Å². The molecule has 1 aliphatic heterocycles. The van der Waals surface area contributed by atoms with Crippen LogP contribution >= 0.6 is 0 Å². The summed E-state index contributed by atoms with van der Waals surface area (Å²) in [7, 11) is 1.91. The van der Waals surface area contributed by atoms with Gasteiger partial charge in [-0.2, -0.15) is 5.26 Å². The predicted molar refractivity (Wildman–Crippen MR) is 102 cm³/mol. The Kier molecular flexibility index (Phi) is 5.43. The number of aryl methyl sites for hydroxylation is 1. The Labute approximate surface area is 158 Å². The van der Waals surface area contributed by atoms with E-state index in [4.69, 9.17) is 9.47 Å². The average molecular weight is 367 g/mol. The Balaban J connectivity index is 1.95. The zero-order chi connectivity index (χ0) is 19.4. The molecule has 0 aliphatic carbocycles. The van der Waals surface area contributed by atoms with E-state index in [1.54, 1.807) is 36.7 Å². The Morgan fingerprint density at radius 2 is 2.11 bits per heavy atom. The number of halogens is 1. The minimum atomic E-state index is -0.940. The molecule has 2 aromatic rings. The number of hydrogen-bond donors (Lipinski definition) is 0. The van der Waals surface area contributed by atoms with Crippen molar-refractivity contribution in [3.8, 4) is 11.8 Å². The first-order valence-electron chi connectivity index (χ1n) is 8.80. The molecular weight excluding hydrogens is 345 g/mol. The normalized spacial score (nSPS) is 15.2. The third kappa shape index (κ3) is 3.79. The lowest BCUT2D eigenvalue weighted by Crippen LogP contribution is -2.52. The largest absolute Gasteiger partial charge is 0.476 e. The van der Waals surface area contributed by atoms with Crippen molar-refractivity contribution in [3.63, 3.8) is 0 Å². The van der Waals surface area contributed by atoms with Crippen LogP contribution < -0.4 is 4.74 Å². The first-order valence-corrected chi connectivity index (χ1v) is 8.80. The van der Waals surface area contributed by atoms with E-state index in [1.807, 2.05) is 25.8 Å². The summed E-state index contributed by atoms with van der Waals surface area (Å²) < 4.78 is 26.4. The van der Waals surface area contributed by atoms with E-state index in [2.05, 4.69) is 11.1 Å². The van der Waals surface area contributed by atoms with Crippen LogP contribution in [0.25, 0.3) is 0 Å². The molecule has 0 amide bonds. The third-order valence-electron chi connectivity index (χ3n) is 4.65. The van der Waals surface area contributed by atoms with E-state index in [9.17, 15) is 9.65 Å². The number of rotatable bonds is 6. The van der Waals surface area contributed by atoms with Crippen LogP contribution in [0.1, 0.15) is 23.6 Å². The van der Waals surface area contributed by atoms with Crippen molar-refractivity contribution < 1.29 is 13.9 Å². The minimum absolute atomic E-state index is 0.226. The number of hydrogen-bond acceptors (Lipinski definition) is 4. The van der Waals surface area contributed by atoms with Crippen LogP contribution in [0.5, 0.6) is 5.75 Å². The van der Waals surface area contributed by atoms with Gasteiger partial charge >= 0.3 is 0 Å². The highest BCUT2D eigenvalue weighted by atomic mass is 19.1. The van der Waals surface area contributed by atoms with Crippen molar-refractivity contribution in [1.82, 2.24) is 4.90 Å². The fourth-order valence-electron chi connectivity index (χ4n) is 2.82. The lowest BCUT2D eigenvalue weighted by molar-refractivity contribution is -0.169. The fourth-order valence-corrected chi connectivity index (χ4v) is 2.82. The van der Waals surface area contributed by atoms with Gasteiger partial charge < -0.3 is 14.4 Å². The van der Waals surface area contributed by atoms with Gasteiger partial charge in [-0.1, -0.05) is 12.1 Å². The Morgan fingerprint density at radius 3 is 2.74 bits per heavy atom. The molecule has 0 radical (unpaired) electrons. The molecule has 0 N–H and O–H groups in total. The van der Waals surface area contributed by atoms with Gasteiger partial charge in [-0.05, 0) is 37.6 Å². The minimum Gasteiger partial charge on any atom is -0.476 e. The van der Waals surface area contributed by atoms with Gasteiger partial charge in [0.1, 0.15) is 17.6 Å². The number of aliphatic imine (C=N–C) groups is 1. The molecule has 27 heavy (non-hydrogen) atoms. The molecule has 3 rings (SSSR count). The second-order valence-electron chi connectivity index (χ2n) is 6.63. The summed E-state index contributed by atoms with van der Waals surface area (Å²) in [6, 6.07) is 12.2. The predicted octanol–water partition coefficient (Wildman–Crippen LogP) is 3.92. The van der Waals surface area contributed by atoms with Crippen molar-refractivity contribution in [2.24, 2.45) is 4.99 Å². The highest BCUT2D eigenvalue weighted by molar-refractivity contribution is 5.63. The van der Waals surface area contributed by atoms with Gasteiger partial charge in [-0.15, -0.1) is 0 Å². The SMILES string of the molecule is CCN(C)C=Nc1cc(F)c(C2(Oc3ccccc3C#N)COC2)cc1C. The van der Waals surface area contributed by atoms with Gasteiger partial charge in [0.25, 0.3) is 0 Å². The van der Waals surface area contributed by atoms with Crippen molar-refractivity contribution in [1.29, 1.82) is 5.26 Å². The molecule has 2 aromatic carbocycles. The van der Waals surface area contributed by atoms with Gasteiger partial charge in [-0.25, -0.2) is 9.38 Å². The molecular formula is C21H22FN3O2. The number of nitriles is 1. The van der Waals surface area contributed by atoms with Gasteiger partial charge in [-0.3, -0.25) is 0 Å². The van der Waals surface area contributed by atoms with Gasteiger partial charge in [0.2, 0.25) is 0 Å². The highest BCUT2D eigenvalue weighted by Crippen LogP contribution is 2.39. The smallest absolute Gasteiger partial charge is 0.183 e. The molecule has 140 valence electrons. The summed E-state index contributed by atoms with van der Waals surface area (Å²) in [4.78, 5) is 6.27. The monoisotopic (exact) mass is 367 g/mol. The number of ether oxygens (including phenoxy) is 2. The van der Waals surface area contributed by atoms with Crippen molar-refractivity contribution in [3.05, 3.63) is 58.9 Å². The van der Waals surface area contributed by atoms with Crippen LogP contribution in [0, 0.1) is 24.1 Å². The zero-order valence-corrected chi connectivity index (χ0v) is 15.7. The van der Waals surface area contributed by atoms with E-state index < -0.39 is 11.4 Å². The van der Waals surface area contributed by atoms with E-state index in [1.165, 1.54) is 6.07 Å². The molecule has 6 heteroatoms. The Morgan fingerprint density at radius 1 is 1.37 bits per heavy atom. The average Bonchev–Trinajstić information content (AvgIpc) is 2.65. The van der Waals surface area contributed by atoms with Crippen LogP contribution in [0.4, 0.5) is 10.1 Å². The maximum atomic E-state index is 14.9. The van der Waals surface area contributed by atoms with Crippen LogP contribution in [0.3, 0.4) is 0 Å². The van der Waals surface area contributed by atoms with Gasteiger partial charge in [0.05, 0.1) is 30.8 Å².